The second kappa shape index (κ2) is 8.34. The highest BCUT2D eigenvalue weighted by molar-refractivity contribution is 6.45. The number of piperidine rings is 1. The Morgan fingerprint density at radius 3 is 2.33 bits per heavy atom. The summed E-state index contributed by atoms with van der Waals surface area (Å²) >= 11 is 0. The minimum absolute atomic E-state index is 0.232. The normalized spacial score (nSPS) is 17.8. The summed E-state index contributed by atoms with van der Waals surface area (Å²) in [4.78, 5) is 30.5. The number of aryl methyl sites for hydroxylation is 1. The molecule has 1 fully saturated rings. The Balaban J connectivity index is 1.77. The lowest BCUT2D eigenvalue weighted by Gasteiger charge is -2.32. The fraction of sp³-hybridized carbons (Fsp3) is 0.360. The van der Waals surface area contributed by atoms with Gasteiger partial charge in [0.15, 0.2) is 0 Å². The van der Waals surface area contributed by atoms with E-state index < -0.39 is 0 Å². The summed E-state index contributed by atoms with van der Waals surface area (Å²) in [6.45, 7) is 8.29. The van der Waals surface area contributed by atoms with Crippen LogP contribution in [-0.2, 0) is 9.59 Å². The molecule has 2 heterocycles. The molecule has 0 atom stereocenters. The summed E-state index contributed by atoms with van der Waals surface area (Å²) < 4.78 is 5.54. The van der Waals surface area contributed by atoms with Crippen molar-refractivity contribution in [3.8, 4) is 5.75 Å². The summed E-state index contributed by atoms with van der Waals surface area (Å²) in [5.74, 6) is 0.894. The Hall–Kier alpha value is -3.08. The predicted octanol–water partition coefficient (Wildman–Crippen LogP) is 4.41. The van der Waals surface area contributed by atoms with Crippen LogP contribution < -0.4 is 9.64 Å². The van der Waals surface area contributed by atoms with E-state index >= 15 is 0 Å². The Morgan fingerprint density at radius 2 is 1.70 bits per heavy atom. The van der Waals surface area contributed by atoms with Crippen LogP contribution in [0.25, 0.3) is 5.57 Å². The first-order valence-corrected chi connectivity index (χ1v) is 10.7. The molecule has 0 N–H and O–H groups in total. The van der Waals surface area contributed by atoms with Crippen LogP contribution in [0.3, 0.4) is 0 Å². The number of ether oxygens (including phenoxy) is 1. The Bertz CT molecular complexity index is 986. The average Bonchev–Trinajstić information content (AvgIpc) is 3.00. The molecule has 0 radical (unpaired) electrons. The maximum Gasteiger partial charge on any atom is 0.282 e. The molecular weight excluding hydrogens is 376 g/mol. The van der Waals surface area contributed by atoms with Gasteiger partial charge < -0.3 is 9.64 Å². The molecule has 30 heavy (non-hydrogen) atoms. The van der Waals surface area contributed by atoms with Crippen LogP contribution in [0.2, 0.25) is 0 Å². The lowest BCUT2D eigenvalue weighted by Crippen LogP contribution is -2.38. The molecule has 156 valence electrons. The molecule has 2 aliphatic heterocycles. The van der Waals surface area contributed by atoms with Crippen molar-refractivity contribution in [1.29, 1.82) is 0 Å². The van der Waals surface area contributed by atoms with Gasteiger partial charge in [-0.25, -0.2) is 4.90 Å². The molecule has 0 aromatic heterocycles. The molecular formula is C25H28N2O3. The molecule has 0 saturated carbocycles. The number of benzene rings is 2. The maximum atomic E-state index is 13.5. The van der Waals surface area contributed by atoms with E-state index in [0.29, 0.717) is 29.5 Å². The fourth-order valence-electron chi connectivity index (χ4n) is 4.19. The molecule has 0 aliphatic carbocycles. The van der Waals surface area contributed by atoms with Crippen molar-refractivity contribution < 1.29 is 14.3 Å². The number of hydrogen-bond donors (Lipinski definition) is 0. The van der Waals surface area contributed by atoms with Crippen LogP contribution in [0.4, 0.5) is 5.69 Å². The van der Waals surface area contributed by atoms with Crippen molar-refractivity contribution >= 4 is 23.1 Å². The predicted molar refractivity (Wildman–Crippen MR) is 118 cm³/mol. The van der Waals surface area contributed by atoms with Crippen LogP contribution in [0.15, 0.2) is 54.2 Å². The summed E-state index contributed by atoms with van der Waals surface area (Å²) in [7, 11) is 0. The van der Waals surface area contributed by atoms with Crippen LogP contribution in [-0.4, -0.2) is 36.4 Å². The average molecular weight is 405 g/mol. The first-order valence-electron chi connectivity index (χ1n) is 10.7. The van der Waals surface area contributed by atoms with E-state index in [1.807, 2.05) is 62.4 Å². The zero-order valence-electron chi connectivity index (χ0n) is 17.9. The second-order valence-corrected chi connectivity index (χ2v) is 8.14. The zero-order valence-corrected chi connectivity index (χ0v) is 17.9. The first-order chi connectivity index (χ1) is 14.5. The molecule has 2 amide bonds. The van der Waals surface area contributed by atoms with E-state index in [1.54, 1.807) is 0 Å². The molecule has 0 unspecified atom stereocenters. The highest BCUT2D eigenvalue weighted by atomic mass is 16.5. The van der Waals surface area contributed by atoms with Gasteiger partial charge in [-0.1, -0.05) is 31.2 Å². The lowest BCUT2D eigenvalue weighted by atomic mass is 9.97. The SMILES string of the molecule is CCOc1ccc(C2=C(N3CCC(C)CC3)C(=O)N(c3cccc(C)c3)C2=O)cc1. The van der Waals surface area contributed by atoms with Gasteiger partial charge in [-0.2, -0.15) is 0 Å². The molecule has 5 heteroatoms. The quantitative estimate of drug-likeness (QED) is 0.693. The Labute approximate surface area is 177 Å². The van der Waals surface area contributed by atoms with E-state index in [-0.39, 0.29) is 11.8 Å². The summed E-state index contributed by atoms with van der Waals surface area (Å²) in [6, 6.07) is 15.0. The van der Waals surface area contributed by atoms with E-state index in [4.69, 9.17) is 4.74 Å². The molecule has 2 aromatic rings. The number of anilines is 1. The Kier molecular flexibility index (Phi) is 5.62. The third kappa shape index (κ3) is 3.72. The number of hydrogen-bond acceptors (Lipinski definition) is 4. The van der Waals surface area contributed by atoms with E-state index in [9.17, 15) is 9.59 Å². The van der Waals surface area contributed by atoms with Crippen molar-refractivity contribution in [2.45, 2.75) is 33.6 Å². The van der Waals surface area contributed by atoms with E-state index in [1.165, 1.54) is 4.90 Å². The third-order valence-corrected chi connectivity index (χ3v) is 5.87. The highest BCUT2D eigenvalue weighted by Gasteiger charge is 2.43. The van der Waals surface area contributed by atoms with Crippen LogP contribution in [0, 0.1) is 12.8 Å². The Morgan fingerprint density at radius 1 is 1.00 bits per heavy atom. The largest absolute Gasteiger partial charge is 0.494 e. The van der Waals surface area contributed by atoms with Crippen molar-refractivity contribution in [2.24, 2.45) is 5.92 Å². The number of amides is 2. The molecule has 2 aromatic carbocycles. The minimum atomic E-state index is -0.261. The maximum absolute atomic E-state index is 13.5. The smallest absolute Gasteiger partial charge is 0.282 e. The van der Waals surface area contributed by atoms with Gasteiger partial charge in [0.1, 0.15) is 11.4 Å². The number of rotatable bonds is 5. The van der Waals surface area contributed by atoms with Crippen molar-refractivity contribution in [1.82, 2.24) is 4.90 Å². The fourth-order valence-corrected chi connectivity index (χ4v) is 4.19. The number of carbonyl (C=O) groups is 2. The van der Waals surface area contributed by atoms with Crippen LogP contribution in [0.5, 0.6) is 5.75 Å². The van der Waals surface area contributed by atoms with Crippen molar-refractivity contribution in [3.63, 3.8) is 0 Å². The number of imide groups is 1. The van der Waals surface area contributed by atoms with Gasteiger partial charge in [-0.15, -0.1) is 0 Å². The van der Waals surface area contributed by atoms with Gasteiger partial charge in [0.25, 0.3) is 11.8 Å². The van der Waals surface area contributed by atoms with Gasteiger partial charge >= 0.3 is 0 Å². The number of likely N-dealkylation sites (tertiary alicyclic amines) is 1. The summed E-state index contributed by atoms with van der Waals surface area (Å²) in [5, 5.41) is 0. The molecule has 2 aliphatic rings. The van der Waals surface area contributed by atoms with Crippen molar-refractivity contribution in [2.75, 3.05) is 24.6 Å². The molecule has 0 spiro atoms. The van der Waals surface area contributed by atoms with E-state index in [2.05, 4.69) is 11.8 Å². The second-order valence-electron chi connectivity index (χ2n) is 8.14. The summed E-state index contributed by atoms with van der Waals surface area (Å²) in [6.07, 6.45) is 2.04. The highest BCUT2D eigenvalue weighted by Crippen LogP contribution is 2.37. The first kappa shape index (κ1) is 20.2. The topological polar surface area (TPSA) is 49.9 Å². The number of carbonyl (C=O) groups excluding carboxylic acids is 2. The molecule has 4 rings (SSSR count). The van der Waals surface area contributed by atoms with Gasteiger partial charge in [-0.3, -0.25) is 9.59 Å². The van der Waals surface area contributed by atoms with Crippen LogP contribution >= 0.6 is 0 Å². The zero-order chi connectivity index (χ0) is 21.3. The third-order valence-electron chi connectivity index (χ3n) is 5.87. The van der Waals surface area contributed by atoms with E-state index in [0.717, 1.165) is 42.8 Å². The monoisotopic (exact) mass is 404 g/mol. The van der Waals surface area contributed by atoms with Crippen molar-refractivity contribution in [3.05, 3.63) is 65.4 Å². The number of nitrogens with zero attached hydrogens (tertiary/aromatic N) is 2. The minimum Gasteiger partial charge on any atom is -0.494 e. The lowest BCUT2D eigenvalue weighted by molar-refractivity contribution is -0.120. The molecule has 5 nitrogen and oxygen atoms in total. The molecule has 1 saturated heterocycles. The van der Waals surface area contributed by atoms with Gasteiger partial charge in [0.05, 0.1) is 17.9 Å². The summed E-state index contributed by atoms with van der Waals surface area (Å²) in [5.41, 5.74) is 3.39. The van der Waals surface area contributed by atoms with Crippen LogP contribution in [0.1, 0.15) is 37.8 Å². The van der Waals surface area contributed by atoms with Gasteiger partial charge in [0.2, 0.25) is 0 Å². The van der Waals surface area contributed by atoms with Gasteiger partial charge in [0, 0.05) is 13.1 Å². The molecule has 0 bridgehead atoms. The van der Waals surface area contributed by atoms with Gasteiger partial charge in [-0.05, 0) is 68.0 Å². The standard InChI is InChI=1S/C25H28N2O3/c1-4-30-21-10-8-19(9-11-21)22-23(26-14-12-17(2)13-15-26)25(29)27(24(22)28)20-7-5-6-18(3)16-20/h5-11,16-17H,4,12-15H2,1-3H3.